The molecule has 0 heterocycles. The molecule has 174 valence electrons. The molecule has 3 rings (SSSR count). The molecule has 1 atom stereocenters. The van der Waals surface area contributed by atoms with Crippen LogP contribution in [0.1, 0.15) is 62.6 Å². The smallest absolute Gasteiger partial charge is 0.326 e. The van der Waals surface area contributed by atoms with Crippen LogP contribution in [0.4, 0.5) is 0 Å². The summed E-state index contributed by atoms with van der Waals surface area (Å²) in [5, 5.41) is 32.2. The summed E-state index contributed by atoms with van der Waals surface area (Å²) in [6, 6.07) is 8.27. The predicted octanol–water partition coefficient (Wildman–Crippen LogP) is 5.10. The van der Waals surface area contributed by atoms with E-state index in [0.717, 1.165) is 0 Å². The summed E-state index contributed by atoms with van der Waals surface area (Å²) in [5.74, 6) is -1.52. The molecule has 6 nitrogen and oxygen atoms in total. The van der Waals surface area contributed by atoms with Gasteiger partial charge in [-0.15, -0.1) is 0 Å². The molecule has 4 N–H and O–H groups in total. The SMILES string of the molecule is CCCCC.Cc1cc(CC(NC(=O)C2(c3ccc(Cl)cc3O)CC2)C(=O)O)ccc1O. The minimum absolute atomic E-state index is 0.0730. The standard InChI is InChI=1S/C20H20ClNO5.C5H12/c1-11-8-12(2-5-16(11)23)9-15(18(25)26)22-19(27)20(6-7-20)14-4-3-13(21)10-17(14)24;1-3-5-4-2/h2-5,8,10,15,23-24H,6-7,9H2,1H3,(H,22,27)(H,25,26);3-5H2,1-2H3. The van der Waals surface area contributed by atoms with E-state index in [1.807, 2.05) is 0 Å². The van der Waals surface area contributed by atoms with Crippen molar-refractivity contribution in [3.05, 3.63) is 58.1 Å². The van der Waals surface area contributed by atoms with Gasteiger partial charge in [-0.3, -0.25) is 4.79 Å². The Bertz CT molecular complexity index is 953. The third kappa shape index (κ3) is 6.39. The van der Waals surface area contributed by atoms with Crippen LogP contribution in [0.2, 0.25) is 5.02 Å². The van der Waals surface area contributed by atoms with Crippen LogP contribution in [0.3, 0.4) is 0 Å². The first-order valence-corrected chi connectivity index (χ1v) is 11.3. The average Bonchev–Trinajstić information content (AvgIpc) is 3.53. The molecule has 1 aliphatic carbocycles. The number of hydrogen-bond donors (Lipinski definition) is 4. The first-order chi connectivity index (χ1) is 15.1. The Morgan fingerprint density at radius 3 is 2.19 bits per heavy atom. The Kier molecular flexibility index (Phi) is 8.96. The third-order valence-electron chi connectivity index (χ3n) is 5.67. The number of amides is 1. The number of phenols is 2. The van der Waals surface area contributed by atoms with Gasteiger partial charge in [0.25, 0.3) is 0 Å². The summed E-state index contributed by atoms with van der Waals surface area (Å²) >= 11 is 5.85. The van der Waals surface area contributed by atoms with Crippen molar-refractivity contribution in [3.63, 3.8) is 0 Å². The van der Waals surface area contributed by atoms with Crippen molar-refractivity contribution in [2.45, 2.75) is 70.8 Å². The summed E-state index contributed by atoms with van der Waals surface area (Å²) in [4.78, 5) is 24.5. The zero-order valence-electron chi connectivity index (χ0n) is 18.8. The van der Waals surface area contributed by atoms with Crippen LogP contribution >= 0.6 is 11.6 Å². The monoisotopic (exact) mass is 461 g/mol. The molecule has 0 aromatic heterocycles. The van der Waals surface area contributed by atoms with Gasteiger partial charge >= 0.3 is 5.97 Å². The topological polar surface area (TPSA) is 107 Å². The molecule has 0 saturated heterocycles. The van der Waals surface area contributed by atoms with Crippen LogP contribution in [0.5, 0.6) is 11.5 Å². The fourth-order valence-electron chi connectivity index (χ4n) is 3.58. The number of unbranched alkanes of at least 4 members (excludes halogenated alkanes) is 2. The number of benzene rings is 2. The van der Waals surface area contributed by atoms with Gasteiger partial charge in [0, 0.05) is 17.0 Å². The Hall–Kier alpha value is -2.73. The molecular weight excluding hydrogens is 430 g/mol. The number of aliphatic carboxylic acids is 1. The molecule has 2 aromatic carbocycles. The minimum atomic E-state index is -1.15. The zero-order chi connectivity index (χ0) is 23.9. The van der Waals surface area contributed by atoms with Crippen molar-refractivity contribution >= 4 is 23.5 Å². The fraction of sp³-hybridized carbons (Fsp3) is 0.440. The quantitative estimate of drug-likeness (QED) is 0.437. The maximum atomic E-state index is 12.8. The molecular formula is C25H32ClNO5. The molecule has 1 amide bonds. The molecule has 7 heteroatoms. The number of carbonyl (C=O) groups is 2. The maximum absolute atomic E-state index is 12.8. The van der Waals surface area contributed by atoms with Crippen molar-refractivity contribution in [3.8, 4) is 11.5 Å². The lowest BCUT2D eigenvalue weighted by atomic mass is 9.93. The number of carboxylic acid groups (broad SMARTS) is 1. The van der Waals surface area contributed by atoms with Gasteiger partial charge in [-0.25, -0.2) is 4.79 Å². The number of hydrogen-bond acceptors (Lipinski definition) is 4. The first kappa shape index (κ1) is 25.5. The van der Waals surface area contributed by atoms with E-state index in [0.29, 0.717) is 34.6 Å². The van der Waals surface area contributed by atoms with Gasteiger partial charge in [-0.2, -0.15) is 0 Å². The number of aromatic hydroxyl groups is 2. The Labute approximate surface area is 194 Å². The number of nitrogens with one attached hydrogen (secondary N) is 1. The van der Waals surface area contributed by atoms with Crippen molar-refractivity contribution in [1.82, 2.24) is 5.32 Å². The van der Waals surface area contributed by atoms with Gasteiger partial charge in [-0.1, -0.05) is 62.9 Å². The van der Waals surface area contributed by atoms with Crippen molar-refractivity contribution < 1.29 is 24.9 Å². The second kappa shape index (κ2) is 11.2. The summed E-state index contributed by atoms with van der Waals surface area (Å²) < 4.78 is 0. The third-order valence-corrected chi connectivity index (χ3v) is 5.91. The van der Waals surface area contributed by atoms with E-state index in [-0.39, 0.29) is 17.9 Å². The van der Waals surface area contributed by atoms with Gasteiger partial charge in [0.1, 0.15) is 17.5 Å². The summed E-state index contributed by atoms with van der Waals surface area (Å²) in [6.45, 7) is 6.14. The highest BCUT2D eigenvalue weighted by atomic mass is 35.5. The van der Waals surface area contributed by atoms with Crippen molar-refractivity contribution in [1.29, 1.82) is 0 Å². The van der Waals surface area contributed by atoms with Gasteiger partial charge in [0.15, 0.2) is 0 Å². The molecule has 1 aliphatic rings. The summed E-state index contributed by atoms with van der Waals surface area (Å²) in [7, 11) is 0. The van der Waals surface area contributed by atoms with Crippen molar-refractivity contribution in [2.24, 2.45) is 0 Å². The maximum Gasteiger partial charge on any atom is 0.326 e. The Morgan fingerprint density at radius 1 is 1.06 bits per heavy atom. The molecule has 32 heavy (non-hydrogen) atoms. The second-order valence-corrected chi connectivity index (χ2v) is 8.72. The highest BCUT2D eigenvalue weighted by Crippen LogP contribution is 2.51. The fourth-order valence-corrected chi connectivity index (χ4v) is 3.75. The van der Waals surface area contributed by atoms with Crippen LogP contribution in [-0.4, -0.2) is 33.2 Å². The van der Waals surface area contributed by atoms with Crippen LogP contribution in [0.15, 0.2) is 36.4 Å². The number of aryl methyl sites for hydroxylation is 1. The van der Waals surface area contributed by atoms with Gasteiger partial charge < -0.3 is 20.6 Å². The zero-order valence-corrected chi connectivity index (χ0v) is 19.6. The van der Waals surface area contributed by atoms with Crippen LogP contribution in [-0.2, 0) is 21.4 Å². The molecule has 0 spiro atoms. The van der Waals surface area contributed by atoms with Gasteiger partial charge in [0.2, 0.25) is 5.91 Å². The second-order valence-electron chi connectivity index (χ2n) is 8.29. The largest absolute Gasteiger partial charge is 0.508 e. The van der Waals surface area contributed by atoms with E-state index in [1.54, 1.807) is 31.2 Å². The lowest BCUT2D eigenvalue weighted by molar-refractivity contribution is -0.142. The molecule has 1 saturated carbocycles. The average molecular weight is 462 g/mol. The molecule has 0 bridgehead atoms. The molecule has 1 fully saturated rings. The number of carboxylic acids is 1. The number of halogens is 1. The molecule has 0 radical (unpaired) electrons. The highest BCUT2D eigenvalue weighted by molar-refractivity contribution is 6.30. The van der Waals surface area contributed by atoms with Crippen LogP contribution < -0.4 is 5.32 Å². The van der Waals surface area contributed by atoms with E-state index in [4.69, 9.17) is 11.6 Å². The van der Waals surface area contributed by atoms with E-state index in [1.165, 1.54) is 31.4 Å². The summed E-state index contributed by atoms with van der Waals surface area (Å²) in [6.07, 6.45) is 5.22. The normalized spacial score (nSPS) is 14.6. The van der Waals surface area contributed by atoms with E-state index >= 15 is 0 Å². The molecule has 2 aromatic rings. The van der Waals surface area contributed by atoms with E-state index in [9.17, 15) is 24.9 Å². The first-order valence-electron chi connectivity index (χ1n) is 11.0. The number of carbonyl (C=O) groups excluding carboxylic acids is 1. The summed E-state index contributed by atoms with van der Waals surface area (Å²) in [5.41, 5.74) is 0.853. The predicted molar refractivity (Wildman–Crippen MR) is 125 cm³/mol. The van der Waals surface area contributed by atoms with Crippen molar-refractivity contribution in [2.75, 3.05) is 0 Å². The molecule has 1 unspecified atom stereocenters. The highest BCUT2D eigenvalue weighted by Gasteiger charge is 2.53. The Morgan fingerprint density at radius 2 is 1.72 bits per heavy atom. The van der Waals surface area contributed by atoms with Gasteiger partial charge in [0.05, 0.1) is 5.41 Å². The van der Waals surface area contributed by atoms with Crippen LogP contribution in [0, 0.1) is 6.92 Å². The minimum Gasteiger partial charge on any atom is -0.508 e. The number of rotatable bonds is 8. The van der Waals surface area contributed by atoms with Gasteiger partial charge in [-0.05, 0) is 49.1 Å². The van der Waals surface area contributed by atoms with E-state index < -0.39 is 23.3 Å². The lowest BCUT2D eigenvalue weighted by Gasteiger charge is -2.21. The number of phenolic OH excluding ortho intramolecular Hbond substituents is 2. The molecule has 0 aliphatic heterocycles. The lowest BCUT2D eigenvalue weighted by Crippen LogP contribution is -2.46. The Balaban J connectivity index is 0.000000654. The van der Waals surface area contributed by atoms with E-state index in [2.05, 4.69) is 19.2 Å². The van der Waals surface area contributed by atoms with Crippen LogP contribution in [0.25, 0.3) is 0 Å².